The molecule has 2 unspecified atom stereocenters. The minimum absolute atomic E-state index is 0.112. The van der Waals surface area contributed by atoms with Crippen molar-refractivity contribution >= 4 is 38.3 Å². The maximum Gasteiger partial charge on any atom is 0.164 e. The smallest absolute Gasteiger partial charge is 0.164 e. The largest absolute Gasteiger partial charge is 0.456 e. The van der Waals surface area contributed by atoms with Crippen LogP contribution in [-0.4, -0.2) is 15.0 Å². The summed E-state index contributed by atoms with van der Waals surface area (Å²) in [7, 11) is 0. The Balaban J connectivity index is 1.28. The van der Waals surface area contributed by atoms with E-state index in [9.17, 15) is 0 Å². The number of hydrogen-bond donors (Lipinski definition) is 0. The predicted octanol–water partition coefficient (Wildman–Crippen LogP) is 10.8. The molecule has 8 aromatic rings. The molecule has 0 spiro atoms. The predicted molar refractivity (Wildman–Crippen MR) is 191 cm³/mol. The van der Waals surface area contributed by atoms with Gasteiger partial charge in [0.15, 0.2) is 17.5 Å². The summed E-state index contributed by atoms with van der Waals surface area (Å²) in [6, 6.07) is 50.3. The Morgan fingerprint density at radius 2 is 1.02 bits per heavy atom. The van der Waals surface area contributed by atoms with Crippen LogP contribution < -0.4 is 0 Å². The van der Waals surface area contributed by atoms with Crippen molar-refractivity contribution in [1.29, 1.82) is 0 Å². The van der Waals surface area contributed by atoms with Crippen LogP contribution in [0.5, 0.6) is 0 Å². The van der Waals surface area contributed by atoms with Gasteiger partial charge in [-0.2, -0.15) is 0 Å². The highest BCUT2D eigenvalue weighted by molar-refractivity contribution is 6.11. The van der Waals surface area contributed by atoms with Crippen molar-refractivity contribution in [2.75, 3.05) is 0 Å². The van der Waals surface area contributed by atoms with Crippen LogP contribution in [0.3, 0.4) is 0 Å². The zero-order valence-corrected chi connectivity index (χ0v) is 25.5. The average molecular weight is 604 g/mol. The summed E-state index contributed by atoms with van der Waals surface area (Å²) in [5.41, 5.74) is 7.04. The van der Waals surface area contributed by atoms with Crippen LogP contribution in [0.1, 0.15) is 28.8 Å². The second-order valence-corrected chi connectivity index (χ2v) is 12.0. The summed E-state index contributed by atoms with van der Waals surface area (Å²) < 4.78 is 6.26. The van der Waals surface area contributed by atoms with Gasteiger partial charge in [0.1, 0.15) is 11.2 Å². The third kappa shape index (κ3) is 4.82. The number of hydrogen-bond acceptors (Lipinski definition) is 4. The number of para-hydroxylation sites is 1. The van der Waals surface area contributed by atoms with E-state index in [1.807, 2.05) is 30.3 Å². The number of furan rings is 1. The summed E-state index contributed by atoms with van der Waals surface area (Å²) in [6.45, 7) is 0. The molecule has 2 heterocycles. The number of benzene rings is 6. The zero-order valence-electron chi connectivity index (χ0n) is 25.5. The summed E-state index contributed by atoms with van der Waals surface area (Å²) in [5, 5.41) is 4.29. The minimum atomic E-state index is 0.112. The maximum absolute atomic E-state index is 6.26. The van der Waals surface area contributed by atoms with Crippen molar-refractivity contribution in [2.24, 2.45) is 0 Å². The van der Waals surface area contributed by atoms with E-state index in [0.29, 0.717) is 17.5 Å². The van der Waals surface area contributed by atoms with Gasteiger partial charge in [0.2, 0.25) is 0 Å². The van der Waals surface area contributed by atoms with E-state index in [-0.39, 0.29) is 11.8 Å². The molecular formula is C43H29N3O. The van der Waals surface area contributed by atoms with Gasteiger partial charge in [-0.25, -0.2) is 15.0 Å². The summed E-state index contributed by atoms with van der Waals surface area (Å²) in [6.07, 6.45) is 6.80. The second kappa shape index (κ2) is 11.3. The minimum Gasteiger partial charge on any atom is -0.456 e. The number of nitrogens with zero attached hydrogens (tertiary/aromatic N) is 3. The fourth-order valence-electron chi connectivity index (χ4n) is 6.93. The van der Waals surface area contributed by atoms with Crippen molar-refractivity contribution in [3.05, 3.63) is 181 Å². The van der Waals surface area contributed by atoms with E-state index in [0.717, 1.165) is 49.4 Å². The molecule has 1 aliphatic rings. The van der Waals surface area contributed by atoms with E-state index < -0.39 is 0 Å². The highest BCUT2D eigenvalue weighted by Crippen LogP contribution is 2.42. The topological polar surface area (TPSA) is 51.8 Å². The van der Waals surface area contributed by atoms with Crippen LogP contribution in [0.15, 0.2) is 168 Å². The molecule has 1 aliphatic carbocycles. The number of aromatic nitrogens is 3. The van der Waals surface area contributed by atoms with Crippen molar-refractivity contribution in [3.8, 4) is 22.8 Å². The molecule has 9 rings (SSSR count). The van der Waals surface area contributed by atoms with Crippen LogP contribution in [-0.2, 0) is 0 Å². The standard InChI is InChI=1S/C43H29N3O/c1-3-13-28(14-4-1)33-26-25-31(27-37(33)30-15-5-2-6-16-30)41-44-42(34-21-11-18-29-17-7-8-19-32(29)34)46-43(45-41)36-22-12-24-39-40(36)35-20-9-10-23-38(35)47-39/h1-27,33,37H. The Labute approximate surface area is 272 Å². The van der Waals surface area contributed by atoms with Crippen LogP contribution in [0.2, 0.25) is 0 Å². The number of allylic oxidation sites excluding steroid dienone is 4. The first-order valence-corrected chi connectivity index (χ1v) is 16.0. The first-order valence-electron chi connectivity index (χ1n) is 16.0. The molecule has 4 nitrogen and oxygen atoms in total. The van der Waals surface area contributed by atoms with Gasteiger partial charge in [-0.05, 0) is 34.0 Å². The van der Waals surface area contributed by atoms with E-state index in [4.69, 9.17) is 19.4 Å². The Hall–Kier alpha value is -6.13. The van der Waals surface area contributed by atoms with Crippen molar-refractivity contribution in [3.63, 3.8) is 0 Å². The lowest BCUT2D eigenvalue weighted by Gasteiger charge is -2.27. The monoisotopic (exact) mass is 603 g/mol. The molecule has 2 atom stereocenters. The molecule has 0 fully saturated rings. The van der Waals surface area contributed by atoms with Crippen LogP contribution in [0.25, 0.3) is 61.1 Å². The van der Waals surface area contributed by atoms with Gasteiger partial charge >= 0.3 is 0 Å². The first kappa shape index (κ1) is 27.2. The molecule has 2 aromatic heterocycles. The van der Waals surface area contributed by atoms with E-state index in [1.54, 1.807) is 0 Å². The van der Waals surface area contributed by atoms with Gasteiger partial charge in [0, 0.05) is 39.3 Å². The van der Waals surface area contributed by atoms with Gasteiger partial charge in [-0.15, -0.1) is 0 Å². The molecule has 0 saturated carbocycles. The number of fused-ring (bicyclic) bond motifs is 4. The fraction of sp³-hybridized carbons (Fsp3) is 0.0465. The van der Waals surface area contributed by atoms with Gasteiger partial charge in [-0.3, -0.25) is 0 Å². The molecule has 0 saturated heterocycles. The highest BCUT2D eigenvalue weighted by atomic mass is 16.3. The summed E-state index contributed by atoms with van der Waals surface area (Å²) in [5.74, 6) is 2.20. The van der Waals surface area contributed by atoms with Gasteiger partial charge in [0.25, 0.3) is 0 Å². The quantitative estimate of drug-likeness (QED) is 0.196. The third-order valence-corrected chi connectivity index (χ3v) is 9.17. The molecule has 0 amide bonds. The van der Waals surface area contributed by atoms with Gasteiger partial charge < -0.3 is 4.42 Å². The molecule has 0 N–H and O–H groups in total. The molecular weight excluding hydrogens is 574 g/mol. The third-order valence-electron chi connectivity index (χ3n) is 9.17. The molecule has 47 heavy (non-hydrogen) atoms. The van der Waals surface area contributed by atoms with Crippen LogP contribution >= 0.6 is 0 Å². The molecule has 0 radical (unpaired) electrons. The average Bonchev–Trinajstić information content (AvgIpc) is 3.54. The molecule has 222 valence electrons. The Morgan fingerprint density at radius 3 is 1.83 bits per heavy atom. The van der Waals surface area contributed by atoms with Crippen molar-refractivity contribution < 1.29 is 4.42 Å². The number of rotatable bonds is 5. The Kier molecular flexibility index (Phi) is 6.57. The lowest BCUT2D eigenvalue weighted by Crippen LogP contribution is -2.12. The molecule has 0 bridgehead atoms. The van der Waals surface area contributed by atoms with Gasteiger partial charge in [0.05, 0.1) is 0 Å². The van der Waals surface area contributed by atoms with Crippen molar-refractivity contribution in [1.82, 2.24) is 15.0 Å². The molecule has 6 aromatic carbocycles. The SMILES string of the molecule is C1=CC(c2ccccc2)C(c2ccccc2)C=C1c1nc(-c2cccc3ccccc23)nc(-c2cccc3oc4ccccc4c23)n1. The van der Waals surface area contributed by atoms with E-state index >= 15 is 0 Å². The summed E-state index contributed by atoms with van der Waals surface area (Å²) in [4.78, 5) is 15.6. The van der Waals surface area contributed by atoms with Gasteiger partial charge in [-0.1, -0.05) is 152 Å². The lowest BCUT2D eigenvalue weighted by atomic mass is 9.77. The second-order valence-electron chi connectivity index (χ2n) is 12.0. The van der Waals surface area contributed by atoms with E-state index in [1.165, 1.54) is 11.1 Å². The van der Waals surface area contributed by atoms with E-state index in [2.05, 4.69) is 133 Å². The first-order chi connectivity index (χ1) is 23.3. The van der Waals surface area contributed by atoms with Crippen LogP contribution in [0.4, 0.5) is 0 Å². The Morgan fingerprint density at radius 1 is 0.447 bits per heavy atom. The lowest BCUT2D eigenvalue weighted by molar-refractivity contribution is 0.669. The molecule has 0 aliphatic heterocycles. The highest BCUT2D eigenvalue weighted by Gasteiger charge is 2.26. The zero-order chi connectivity index (χ0) is 31.2. The normalized spacial score (nSPS) is 16.1. The summed E-state index contributed by atoms with van der Waals surface area (Å²) >= 11 is 0. The van der Waals surface area contributed by atoms with Crippen LogP contribution in [0, 0.1) is 0 Å². The Bertz CT molecular complexity index is 2470. The fourth-order valence-corrected chi connectivity index (χ4v) is 6.93. The van der Waals surface area contributed by atoms with Crippen molar-refractivity contribution in [2.45, 2.75) is 11.8 Å². The molecule has 4 heteroatoms. The maximum atomic E-state index is 6.26.